The fourth-order valence-electron chi connectivity index (χ4n) is 2.04. The summed E-state index contributed by atoms with van der Waals surface area (Å²) in [4.78, 5) is 0. The van der Waals surface area contributed by atoms with Crippen LogP contribution in [0.4, 0.5) is 4.39 Å². The average molecular weight is 342 g/mol. The first-order valence-electron chi connectivity index (χ1n) is 6.40. The second-order valence-corrected chi connectivity index (χ2v) is 6.12. The molecule has 0 spiro atoms. The summed E-state index contributed by atoms with van der Waals surface area (Å²) in [6.07, 6.45) is 1.85. The number of hydrogen-bond donors (Lipinski definition) is 1. The van der Waals surface area contributed by atoms with Gasteiger partial charge in [0, 0.05) is 11.6 Å². The Kier molecular flexibility index (Phi) is 5.55. The molecule has 1 aromatic carbocycles. The summed E-state index contributed by atoms with van der Waals surface area (Å²) in [6.45, 7) is 3.01. The van der Waals surface area contributed by atoms with Crippen molar-refractivity contribution in [3.05, 3.63) is 56.4 Å². The van der Waals surface area contributed by atoms with Crippen LogP contribution in [0.25, 0.3) is 0 Å². The quantitative estimate of drug-likeness (QED) is 0.785. The molecule has 1 heterocycles. The molecule has 0 saturated heterocycles. The first kappa shape index (κ1) is 14.7. The molecule has 0 radical (unpaired) electrons. The Morgan fingerprint density at radius 2 is 2.21 bits per heavy atom. The van der Waals surface area contributed by atoms with Crippen LogP contribution < -0.4 is 5.32 Å². The van der Waals surface area contributed by atoms with Crippen LogP contribution in [0.3, 0.4) is 0 Å². The van der Waals surface area contributed by atoms with Gasteiger partial charge in [-0.1, -0.05) is 19.1 Å². The number of halogens is 2. The van der Waals surface area contributed by atoms with Gasteiger partial charge in [0.05, 0.1) is 4.47 Å². The van der Waals surface area contributed by atoms with Crippen LogP contribution >= 0.6 is 27.3 Å². The standard InChI is InChI=1S/C15H17BrFNS/c1-2-7-18-14(9-11-6-8-19-10-11)12-4-3-5-13(16)15(12)17/h3-6,8,10,14,18H,2,7,9H2,1H3. The maximum Gasteiger partial charge on any atom is 0.142 e. The first-order chi connectivity index (χ1) is 9.22. The topological polar surface area (TPSA) is 12.0 Å². The lowest BCUT2D eigenvalue weighted by Crippen LogP contribution is -2.25. The van der Waals surface area contributed by atoms with Crippen molar-refractivity contribution in [3.63, 3.8) is 0 Å². The van der Waals surface area contributed by atoms with Crippen molar-refractivity contribution < 1.29 is 4.39 Å². The van der Waals surface area contributed by atoms with E-state index in [4.69, 9.17) is 0 Å². The van der Waals surface area contributed by atoms with Gasteiger partial charge in [0.1, 0.15) is 5.82 Å². The summed E-state index contributed by atoms with van der Waals surface area (Å²) in [5.74, 6) is -0.161. The molecule has 0 fully saturated rings. The van der Waals surface area contributed by atoms with Crippen LogP contribution in [0.5, 0.6) is 0 Å². The smallest absolute Gasteiger partial charge is 0.142 e. The highest BCUT2D eigenvalue weighted by molar-refractivity contribution is 9.10. The van der Waals surface area contributed by atoms with Gasteiger partial charge in [-0.05, 0) is 63.8 Å². The van der Waals surface area contributed by atoms with Crippen molar-refractivity contribution in [2.45, 2.75) is 25.8 Å². The molecule has 1 unspecified atom stereocenters. The lowest BCUT2D eigenvalue weighted by Gasteiger charge is -2.19. The van der Waals surface area contributed by atoms with Crippen LogP contribution in [-0.4, -0.2) is 6.54 Å². The van der Waals surface area contributed by atoms with E-state index < -0.39 is 0 Å². The molecule has 2 aromatic rings. The third kappa shape index (κ3) is 3.88. The summed E-state index contributed by atoms with van der Waals surface area (Å²) < 4.78 is 14.7. The minimum Gasteiger partial charge on any atom is -0.310 e. The van der Waals surface area contributed by atoms with Crippen molar-refractivity contribution in [1.82, 2.24) is 5.32 Å². The molecule has 4 heteroatoms. The summed E-state index contributed by atoms with van der Waals surface area (Å²) >= 11 is 4.94. The van der Waals surface area contributed by atoms with Gasteiger partial charge < -0.3 is 5.32 Å². The molecule has 0 amide bonds. The molecule has 102 valence electrons. The summed E-state index contributed by atoms with van der Waals surface area (Å²) in [6, 6.07) is 7.60. The minimum atomic E-state index is -0.161. The molecule has 1 aromatic heterocycles. The largest absolute Gasteiger partial charge is 0.310 e. The van der Waals surface area contributed by atoms with Gasteiger partial charge in [0.15, 0.2) is 0 Å². The van der Waals surface area contributed by atoms with Crippen LogP contribution in [0, 0.1) is 5.82 Å². The molecule has 2 rings (SSSR count). The van der Waals surface area contributed by atoms with Crippen molar-refractivity contribution in [2.75, 3.05) is 6.54 Å². The van der Waals surface area contributed by atoms with E-state index in [1.165, 1.54) is 5.56 Å². The highest BCUT2D eigenvalue weighted by Gasteiger charge is 2.17. The van der Waals surface area contributed by atoms with Crippen molar-refractivity contribution in [2.24, 2.45) is 0 Å². The summed E-state index contributed by atoms with van der Waals surface area (Å²) in [5.41, 5.74) is 1.98. The Labute approximate surface area is 126 Å². The average Bonchev–Trinajstić information content (AvgIpc) is 2.91. The Morgan fingerprint density at radius 3 is 2.89 bits per heavy atom. The number of nitrogens with one attached hydrogen (secondary N) is 1. The SMILES string of the molecule is CCCNC(Cc1ccsc1)c1cccc(Br)c1F. The Balaban J connectivity index is 2.23. The molecule has 0 bridgehead atoms. The molecule has 1 atom stereocenters. The van der Waals surface area contributed by atoms with E-state index in [-0.39, 0.29) is 11.9 Å². The van der Waals surface area contributed by atoms with E-state index in [1.54, 1.807) is 17.4 Å². The molecular weight excluding hydrogens is 325 g/mol. The predicted molar refractivity (Wildman–Crippen MR) is 83.2 cm³/mol. The third-order valence-corrected chi connectivity index (χ3v) is 4.36. The Bertz CT molecular complexity index is 513. The van der Waals surface area contributed by atoms with Gasteiger partial charge in [0.2, 0.25) is 0 Å². The van der Waals surface area contributed by atoms with E-state index in [0.29, 0.717) is 4.47 Å². The molecule has 0 aliphatic heterocycles. The first-order valence-corrected chi connectivity index (χ1v) is 8.14. The number of rotatable bonds is 6. The number of thiophene rings is 1. The maximum atomic E-state index is 14.2. The fourth-order valence-corrected chi connectivity index (χ4v) is 3.11. The van der Waals surface area contributed by atoms with Gasteiger partial charge in [-0.3, -0.25) is 0 Å². The lowest BCUT2D eigenvalue weighted by molar-refractivity contribution is 0.495. The van der Waals surface area contributed by atoms with Crippen LogP contribution in [0.2, 0.25) is 0 Å². The molecule has 0 aliphatic carbocycles. The molecular formula is C15H17BrFNS. The van der Waals surface area contributed by atoms with Gasteiger partial charge >= 0.3 is 0 Å². The number of benzene rings is 1. The minimum absolute atomic E-state index is 0.0204. The van der Waals surface area contributed by atoms with Crippen molar-refractivity contribution in [1.29, 1.82) is 0 Å². The summed E-state index contributed by atoms with van der Waals surface area (Å²) in [7, 11) is 0. The summed E-state index contributed by atoms with van der Waals surface area (Å²) in [5, 5.41) is 7.62. The maximum absolute atomic E-state index is 14.2. The normalized spacial score (nSPS) is 12.6. The predicted octanol–water partition coefficient (Wildman–Crippen LogP) is 4.93. The third-order valence-electron chi connectivity index (χ3n) is 3.02. The van der Waals surface area contributed by atoms with Gasteiger partial charge in [-0.15, -0.1) is 0 Å². The zero-order chi connectivity index (χ0) is 13.7. The van der Waals surface area contributed by atoms with Crippen LogP contribution in [0.15, 0.2) is 39.5 Å². The van der Waals surface area contributed by atoms with E-state index in [9.17, 15) is 4.39 Å². The van der Waals surface area contributed by atoms with Gasteiger partial charge in [0.25, 0.3) is 0 Å². The molecule has 0 saturated carbocycles. The monoisotopic (exact) mass is 341 g/mol. The van der Waals surface area contributed by atoms with E-state index in [0.717, 1.165) is 24.9 Å². The van der Waals surface area contributed by atoms with Crippen LogP contribution in [-0.2, 0) is 6.42 Å². The Morgan fingerprint density at radius 1 is 1.37 bits per heavy atom. The zero-order valence-electron chi connectivity index (χ0n) is 10.8. The van der Waals surface area contributed by atoms with Gasteiger partial charge in [-0.2, -0.15) is 11.3 Å². The number of hydrogen-bond acceptors (Lipinski definition) is 2. The molecule has 19 heavy (non-hydrogen) atoms. The van der Waals surface area contributed by atoms with Crippen LogP contribution in [0.1, 0.15) is 30.5 Å². The highest BCUT2D eigenvalue weighted by Crippen LogP contribution is 2.26. The van der Waals surface area contributed by atoms with E-state index >= 15 is 0 Å². The van der Waals surface area contributed by atoms with Gasteiger partial charge in [-0.25, -0.2) is 4.39 Å². The van der Waals surface area contributed by atoms with Crippen molar-refractivity contribution in [3.8, 4) is 0 Å². The molecule has 1 nitrogen and oxygen atoms in total. The second-order valence-electron chi connectivity index (χ2n) is 4.49. The Hall–Kier alpha value is -0.710. The molecule has 0 aliphatic rings. The van der Waals surface area contributed by atoms with E-state index in [1.807, 2.05) is 12.1 Å². The zero-order valence-corrected chi connectivity index (χ0v) is 13.2. The van der Waals surface area contributed by atoms with Crippen molar-refractivity contribution >= 4 is 27.3 Å². The van der Waals surface area contributed by atoms with E-state index in [2.05, 4.69) is 45.0 Å². The fraction of sp³-hybridized carbons (Fsp3) is 0.333. The lowest BCUT2D eigenvalue weighted by atomic mass is 10.00. The molecule has 1 N–H and O–H groups in total. The highest BCUT2D eigenvalue weighted by atomic mass is 79.9. The second kappa shape index (κ2) is 7.17.